The molecule has 3 heterocycles. The number of hydrogen-bond donors (Lipinski definition) is 2. The second-order valence-corrected chi connectivity index (χ2v) is 8.45. The van der Waals surface area contributed by atoms with Gasteiger partial charge in [0.2, 0.25) is 11.8 Å². The molecule has 0 saturated carbocycles. The van der Waals surface area contributed by atoms with Crippen molar-refractivity contribution < 1.29 is 9.47 Å². The van der Waals surface area contributed by atoms with Gasteiger partial charge in [-0.15, -0.1) is 16.4 Å². The number of benzene rings is 1. The molecule has 0 radical (unpaired) electrons. The minimum absolute atomic E-state index is 0.0904. The van der Waals surface area contributed by atoms with Gasteiger partial charge in [0, 0.05) is 15.3 Å². The lowest BCUT2D eigenvalue weighted by atomic mass is 9.83. The molecule has 0 saturated heterocycles. The van der Waals surface area contributed by atoms with Crippen molar-refractivity contribution in [1.29, 1.82) is 5.26 Å². The molecule has 6 nitrogen and oxygen atoms in total. The maximum Gasteiger partial charge on any atom is 0.244 e. The van der Waals surface area contributed by atoms with Crippen LogP contribution >= 0.6 is 11.3 Å². The molecule has 0 aliphatic carbocycles. The number of nitrogens with two attached hydrogens (primary N) is 1. The first-order valence-electron chi connectivity index (χ1n) is 9.49. The number of nitriles is 1. The summed E-state index contributed by atoms with van der Waals surface area (Å²) < 4.78 is 11.4. The van der Waals surface area contributed by atoms with E-state index in [4.69, 9.17) is 15.2 Å². The van der Waals surface area contributed by atoms with Gasteiger partial charge in [0.15, 0.2) is 0 Å². The maximum absolute atomic E-state index is 9.83. The number of aromatic amines is 1. The SMILES string of the molecule is CCCOc1ccc(C2C(C#N)=C(N)Oc3n[nH]c(-c4cc(C)sc4C)c32)cc1. The van der Waals surface area contributed by atoms with E-state index in [2.05, 4.69) is 43.1 Å². The number of aromatic nitrogens is 2. The maximum atomic E-state index is 9.83. The number of hydrogen-bond acceptors (Lipinski definition) is 6. The van der Waals surface area contributed by atoms with Gasteiger partial charge in [-0.25, -0.2) is 0 Å². The minimum Gasteiger partial charge on any atom is -0.494 e. The van der Waals surface area contributed by atoms with Crippen molar-refractivity contribution in [2.45, 2.75) is 33.1 Å². The average molecular weight is 407 g/mol. The summed E-state index contributed by atoms with van der Waals surface area (Å²) >= 11 is 1.72. The second-order valence-electron chi connectivity index (χ2n) is 6.99. The van der Waals surface area contributed by atoms with Gasteiger partial charge in [0.25, 0.3) is 0 Å². The molecule has 1 atom stereocenters. The molecule has 0 amide bonds. The summed E-state index contributed by atoms with van der Waals surface area (Å²) in [5.74, 6) is 0.941. The molecule has 29 heavy (non-hydrogen) atoms. The van der Waals surface area contributed by atoms with Crippen molar-refractivity contribution in [2.75, 3.05) is 6.61 Å². The van der Waals surface area contributed by atoms with Gasteiger partial charge in [-0.3, -0.25) is 5.10 Å². The van der Waals surface area contributed by atoms with Crippen LogP contribution in [0.25, 0.3) is 11.3 Å². The van der Waals surface area contributed by atoms with E-state index in [0.717, 1.165) is 34.6 Å². The Morgan fingerprint density at radius 2 is 2.07 bits per heavy atom. The number of H-pyrrole nitrogens is 1. The molecular weight excluding hydrogens is 384 g/mol. The van der Waals surface area contributed by atoms with E-state index < -0.39 is 0 Å². The van der Waals surface area contributed by atoms with Crippen LogP contribution in [0.1, 0.15) is 40.1 Å². The summed E-state index contributed by atoms with van der Waals surface area (Å²) in [6.07, 6.45) is 0.945. The Balaban J connectivity index is 1.84. The van der Waals surface area contributed by atoms with E-state index in [-0.39, 0.29) is 11.8 Å². The average Bonchev–Trinajstić information content (AvgIpc) is 3.27. The normalized spacial score (nSPS) is 15.6. The molecule has 7 heteroatoms. The van der Waals surface area contributed by atoms with Crippen LogP contribution in [-0.2, 0) is 0 Å². The number of rotatable bonds is 5. The number of thiophene rings is 1. The largest absolute Gasteiger partial charge is 0.494 e. The van der Waals surface area contributed by atoms with E-state index in [1.165, 1.54) is 9.75 Å². The molecule has 4 rings (SSSR count). The van der Waals surface area contributed by atoms with Gasteiger partial charge in [-0.05, 0) is 44.0 Å². The predicted octanol–water partition coefficient (Wildman–Crippen LogP) is 4.76. The number of fused-ring (bicyclic) bond motifs is 1. The lowest BCUT2D eigenvalue weighted by molar-refractivity contribution is 0.317. The zero-order valence-corrected chi connectivity index (χ0v) is 17.4. The monoisotopic (exact) mass is 406 g/mol. The summed E-state index contributed by atoms with van der Waals surface area (Å²) in [7, 11) is 0. The number of nitrogens with zero attached hydrogens (tertiary/aromatic N) is 2. The van der Waals surface area contributed by atoms with Crippen LogP contribution in [-0.4, -0.2) is 16.8 Å². The molecule has 3 aromatic rings. The van der Waals surface area contributed by atoms with Crippen molar-refractivity contribution in [2.24, 2.45) is 5.73 Å². The molecule has 1 aliphatic heterocycles. The van der Waals surface area contributed by atoms with Crippen LogP contribution in [0.15, 0.2) is 41.8 Å². The smallest absolute Gasteiger partial charge is 0.244 e. The Morgan fingerprint density at radius 3 is 2.69 bits per heavy atom. The summed E-state index contributed by atoms with van der Waals surface area (Å²) in [6.45, 7) is 6.89. The third-order valence-electron chi connectivity index (χ3n) is 4.94. The number of aryl methyl sites for hydroxylation is 2. The Hall–Kier alpha value is -3.24. The Bertz CT molecular complexity index is 1120. The van der Waals surface area contributed by atoms with Gasteiger partial charge in [0.05, 0.1) is 23.8 Å². The van der Waals surface area contributed by atoms with Crippen LogP contribution in [0, 0.1) is 25.2 Å². The molecule has 1 aliphatic rings. The number of allylic oxidation sites excluding steroid dienone is 1. The van der Waals surface area contributed by atoms with Crippen LogP contribution < -0.4 is 15.2 Å². The molecular formula is C22H22N4O2S. The third kappa shape index (κ3) is 3.36. The zero-order chi connectivity index (χ0) is 20.5. The molecule has 0 bridgehead atoms. The summed E-state index contributed by atoms with van der Waals surface area (Å²) in [6, 6.07) is 12.1. The summed E-state index contributed by atoms with van der Waals surface area (Å²) in [5.41, 5.74) is 10.1. The van der Waals surface area contributed by atoms with Gasteiger partial charge in [0.1, 0.15) is 17.4 Å². The fraction of sp³-hybridized carbons (Fsp3) is 0.273. The van der Waals surface area contributed by atoms with E-state index in [1.807, 2.05) is 24.3 Å². The Kier molecular flexibility index (Phi) is 5.03. The number of nitrogens with one attached hydrogen (secondary N) is 1. The molecule has 1 aromatic carbocycles. The highest BCUT2D eigenvalue weighted by Crippen LogP contribution is 2.47. The van der Waals surface area contributed by atoms with Crippen molar-refractivity contribution >= 4 is 11.3 Å². The highest BCUT2D eigenvalue weighted by atomic mass is 32.1. The Morgan fingerprint density at radius 1 is 1.31 bits per heavy atom. The summed E-state index contributed by atoms with van der Waals surface area (Å²) in [5, 5.41) is 17.3. The van der Waals surface area contributed by atoms with E-state index in [1.54, 1.807) is 11.3 Å². The fourth-order valence-corrected chi connectivity index (χ4v) is 4.57. The van der Waals surface area contributed by atoms with Crippen LogP contribution in [0.4, 0.5) is 0 Å². The first-order chi connectivity index (χ1) is 14.0. The van der Waals surface area contributed by atoms with E-state index in [0.29, 0.717) is 18.1 Å². The second kappa shape index (κ2) is 7.64. The molecule has 1 unspecified atom stereocenters. The lowest BCUT2D eigenvalue weighted by Gasteiger charge is -2.24. The first-order valence-corrected chi connectivity index (χ1v) is 10.3. The first kappa shape index (κ1) is 19.1. The van der Waals surface area contributed by atoms with Crippen molar-refractivity contribution in [3.63, 3.8) is 0 Å². The fourth-order valence-electron chi connectivity index (χ4n) is 3.64. The molecule has 0 spiro atoms. The topological polar surface area (TPSA) is 96.9 Å². The van der Waals surface area contributed by atoms with Crippen molar-refractivity contribution in [3.05, 3.63) is 62.7 Å². The minimum atomic E-state index is -0.364. The van der Waals surface area contributed by atoms with Crippen LogP contribution in [0.2, 0.25) is 0 Å². The standard InChI is InChI=1S/C22H22N4O2S/c1-4-9-27-15-7-5-14(6-8-15)18-17(11-23)21(24)28-22-19(18)20(25-26-22)16-10-12(2)29-13(16)3/h5-8,10,18H,4,9,24H2,1-3H3,(H,25,26). The molecule has 0 fully saturated rings. The van der Waals surface area contributed by atoms with E-state index >= 15 is 0 Å². The van der Waals surface area contributed by atoms with E-state index in [9.17, 15) is 5.26 Å². The molecule has 3 N–H and O–H groups in total. The van der Waals surface area contributed by atoms with Crippen LogP contribution in [0.3, 0.4) is 0 Å². The zero-order valence-electron chi connectivity index (χ0n) is 16.6. The van der Waals surface area contributed by atoms with Gasteiger partial charge in [-0.1, -0.05) is 19.1 Å². The lowest BCUT2D eigenvalue weighted by Crippen LogP contribution is -2.21. The quantitative estimate of drug-likeness (QED) is 0.636. The van der Waals surface area contributed by atoms with Gasteiger partial charge < -0.3 is 15.2 Å². The predicted molar refractivity (Wildman–Crippen MR) is 113 cm³/mol. The molecule has 148 valence electrons. The van der Waals surface area contributed by atoms with Crippen molar-refractivity contribution in [1.82, 2.24) is 10.2 Å². The number of ether oxygens (including phenoxy) is 2. The van der Waals surface area contributed by atoms with Crippen molar-refractivity contribution in [3.8, 4) is 29.0 Å². The van der Waals surface area contributed by atoms with Crippen LogP contribution in [0.5, 0.6) is 11.6 Å². The highest BCUT2D eigenvalue weighted by molar-refractivity contribution is 7.12. The summed E-state index contributed by atoms with van der Waals surface area (Å²) in [4.78, 5) is 2.39. The highest BCUT2D eigenvalue weighted by Gasteiger charge is 2.36. The Labute approximate surface area is 173 Å². The van der Waals surface area contributed by atoms with Gasteiger partial charge in [-0.2, -0.15) is 5.26 Å². The third-order valence-corrected chi connectivity index (χ3v) is 5.90. The molecule has 2 aromatic heterocycles. The van der Waals surface area contributed by atoms with Gasteiger partial charge >= 0.3 is 0 Å².